The number of nitrogens with one attached hydrogen (secondary N) is 1. The first kappa shape index (κ1) is 14.6. The van der Waals surface area contributed by atoms with Gasteiger partial charge in [-0.05, 0) is 12.1 Å². The molecular weight excluding hydrogens is 287 g/mol. The summed E-state index contributed by atoms with van der Waals surface area (Å²) in [6.07, 6.45) is 0. The van der Waals surface area contributed by atoms with Gasteiger partial charge in [0, 0.05) is 12.1 Å². The fourth-order valence-corrected chi connectivity index (χ4v) is 1.57. The minimum atomic E-state index is -1.16. The molecule has 0 aliphatic rings. The Morgan fingerprint density at radius 1 is 1.24 bits per heavy atom. The Morgan fingerprint density at radius 2 is 1.86 bits per heavy atom. The first-order valence-electron chi connectivity index (χ1n) is 5.68. The average Bonchev–Trinajstić information content (AvgIpc) is 2.43. The van der Waals surface area contributed by atoms with Gasteiger partial charge in [0.05, 0.1) is 12.8 Å². The molecular formula is C13H10F3N3O2. The molecule has 0 amide bonds. The van der Waals surface area contributed by atoms with Crippen molar-refractivity contribution in [3.8, 4) is 0 Å². The third-order valence-electron chi connectivity index (χ3n) is 2.57. The van der Waals surface area contributed by atoms with Gasteiger partial charge in [-0.25, -0.2) is 22.9 Å². The highest BCUT2D eigenvalue weighted by molar-refractivity contribution is 5.88. The van der Waals surface area contributed by atoms with Crippen LogP contribution in [0.15, 0.2) is 24.3 Å². The predicted octanol–water partition coefficient (Wildman–Crippen LogP) is 2.61. The number of halogens is 3. The molecule has 0 saturated carbocycles. The average molecular weight is 297 g/mol. The number of benzene rings is 1. The summed E-state index contributed by atoms with van der Waals surface area (Å²) in [6, 6.07) is 3.63. The Bertz CT molecular complexity index is 684. The van der Waals surface area contributed by atoms with Crippen molar-refractivity contribution in [1.82, 2.24) is 4.98 Å². The second-order valence-electron chi connectivity index (χ2n) is 4.00. The third-order valence-corrected chi connectivity index (χ3v) is 2.57. The van der Waals surface area contributed by atoms with E-state index in [1.54, 1.807) is 0 Å². The first-order valence-corrected chi connectivity index (χ1v) is 5.68. The van der Waals surface area contributed by atoms with Crippen LogP contribution in [0.2, 0.25) is 0 Å². The summed E-state index contributed by atoms with van der Waals surface area (Å²) in [6.45, 7) is 0. The second kappa shape index (κ2) is 5.70. The van der Waals surface area contributed by atoms with E-state index in [9.17, 15) is 18.0 Å². The van der Waals surface area contributed by atoms with Crippen molar-refractivity contribution < 1.29 is 22.7 Å². The summed E-state index contributed by atoms with van der Waals surface area (Å²) < 4.78 is 44.4. The summed E-state index contributed by atoms with van der Waals surface area (Å²) in [5.74, 6) is -4.26. The number of nitrogens with zero attached hydrogens (tertiary/aromatic N) is 1. The predicted molar refractivity (Wildman–Crippen MR) is 69.6 cm³/mol. The maximum absolute atomic E-state index is 13.6. The van der Waals surface area contributed by atoms with Crippen molar-refractivity contribution in [1.29, 1.82) is 0 Å². The van der Waals surface area contributed by atoms with Crippen LogP contribution in [0.3, 0.4) is 0 Å². The Kier molecular flexibility index (Phi) is 3.97. The smallest absolute Gasteiger partial charge is 0.356 e. The summed E-state index contributed by atoms with van der Waals surface area (Å²) in [7, 11) is 1.16. The lowest BCUT2D eigenvalue weighted by Crippen LogP contribution is -2.09. The van der Waals surface area contributed by atoms with E-state index in [4.69, 9.17) is 5.73 Å². The third kappa shape index (κ3) is 3.04. The number of nitrogens with two attached hydrogens (primary N) is 1. The van der Waals surface area contributed by atoms with Gasteiger partial charge in [-0.15, -0.1) is 0 Å². The summed E-state index contributed by atoms with van der Waals surface area (Å²) in [5.41, 5.74) is 4.93. The first-order chi connectivity index (χ1) is 9.92. The molecule has 21 heavy (non-hydrogen) atoms. The van der Waals surface area contributed by atoms with Gasteiger partial charge in [0.25, 0.3) is 0 Å². The quantitative estimate of drug-likeness (QED) is 0.852. The lowest BCUT2D eigenvalue weighted by atomic mass is 10.2. The van der Waals surface area contributed by atoms with Crippen LogP contribution in [0.5, 0.6) is 0 Å². The van der Waals surface area contributed by atoms with Crippen LogP contribution >= 0.6 is 0 Å². The van der Waals surface area contributed by atoms with Gasteiger partial charge in [-0.2, -0.15) is 0 Å². The number of ether oxygens (including phenoxy) is 1. The molecule has 2 rings (SSSR count). The van der Waals surface area contributed by atoms with E-state index in [1.165, 1.54) is 12.1 Å². The van der Waals surface area contributed by atoms with Crippen LogP contribution < -0.4 is 11.1 Å². The Balaban J connectivity index is 2.42. The molecule has 1 aromatic carbocycles. The number of anilines is 3. The lowest BCUT2D eigenvalue weighted by Gasteiger charge is -2.11. The highest BCUT2D eigenvalue weighted by Crippen LogP contribution is 2.26. The number of hydrogen-bond acceptors (Lipinski definition) is 5. The van der Waals surface area contributed by atoms with Crippen LogP contribution in [0.4, 0.5) is 30.4 Å². The van der Waals surface area contributed by atoms with Crippen LogP contribution in [-0.2, 0) is 4.74 Å². The van der Waals surface area contributed by atoms with Crippen LogP contribution in [0.1, 0.15) is 10.5 Å². The van der Waals surface area contributed by atoms with Gasteiger partial charge >= 0.3 is 5.97 Å². The molecule has 0 saturated heterocycles. The Labute approximate surface area is 117 Å². The number of carbonyl (C=O) groups is 1. The number of esters is 1. The Morgan fingerprint density at radius 3 is 2.43 bits per heavy atom. The maximum atomic E-state index is 13.6. The van der Waals surface area contributed by atoms with E-state index >= 15 is 0 Å². The van der Waals surface area contributed by atoms with Crippen molar-refractivity contribution in [2.45, 2.75) is 0 Å². The van der Waals surface area contributed by atoms with E-state index in [2.05, 4.69) is 15.0 Å². The van der Waals surface area contributed by atoms with Crippen molar-refractivity contribution in [3.05, 3.63) is 47.4 Å². The second-order valence-corrected chi connectivity index (χ2v) is 4.00. The molecule has 0 fully saturated rings. The largest absolute Gasteiger partial charge is 0.464 e. The highest BCUT2D eigenvalue weighted by atomic mass is 19.1. The molecule has 0 spiro atoms. The molecule has 1 aromatic heterocycles. The zero-order chi connectivity index (χ0) is 15.6. The molecule has 0 bridgehead atoms. The summed E-state index contributed by atoms with van der Waals surface area (Å²) in [4.78, 5) is 15.2. The fourth-order valence-electron chi connectivity index (χ4n) is 1.57. The number of methoxy groups -OCH3 is 1. The summed E-state index contributed by atoms with van der Waals surface area (Å²) in [5, 5.41) is 2.29. The topological polar surface area (TPSA) is 77.2 Å². The molecule has 0 unspecified atom stereocenters. The molecule has 0 aliphatic carbocycles. The number of aromatic nitrogens is 1. The molecule has 5 nitrogen and oxygen atoms in total. The van der Waals surface area contributed by atoms with Crippen molar-refractivity contribution in [3.63, 3.8) is 0 Å². The van der Waals surface area contributed by atoms with Crippen molar-refractivity contribution in [2.24, 2.45) is 0 Å². The van der Waals surface area contributed by atoms with E-state index < -0.39 is 29.1 Å². The number of carbonyl (C=O) groups excluding carboxylic acids is 1. The van der Waals surface area contributed by atoms with E-state index in [-0.39, 0.29) is 17.2 Å². The number of rotatable bonds is 3. The molecule has 8 heteroatoms. The van der Waals surface area contributed by atoms with Gasteiger partial charge < -0.3 is 15.8 Å². The minimum absolute atomic E-state index is 0.0470. The molecule has 110 valence electrons. The van der Waals surface area contributed by atoms with Gasteiger partial charge in [0.2, 0.25) is 0 Å². The molecule has 2 aromatic rings. The number of hydrogen-bond donors (Lipinski definition) is 2. The molecule has 1 heterocycles. The zero-order valence-corrected chi connectivity index (χ0v) is 10.8. The molecule has 0 radical (unpaired) electrons. The number of nitrogen functional groups attached to an aromatic ring is 1. The summed E-state index contributed by atoms with van der Waals surface area (Å²) >= 11 is 0. The normalized spacial score (nSPS) is 10.3. The maximum Gasteiger partial charge on any atom is 0.356 e. The van der Waals surface area contributed by atoms with Crippen LogP contribution in [0, 0.1) is 17.5 Å². The Hall–Kier alpha value is -2.77. The van der Waals surface area contributed by atoms with E-state index in [0.29, 0.717) is 12.1 Å². The van der Waals surface area contributed by atoms with Crippen molar-refractivity contribution >= 4 is 23.2 Å². The van der Waals surface area contributed by atoms with E-state index in [0.717, 1.165) is 7.11 Å². The van der Waals surface area contributed by atoms with Gasteiger partial charge in [-0.1, -0.05) is 0 Å². The fraction of sp³-hybridized carbons (Fsp3) is 0.0769. The van der Waals surface area contributed by atoms with Crippen molar-refractivity contribution in [2.75, 3.05) is 18.2 Å². The monoisotopic (exact) mass is 297 g/mol. The minimum Gasteiger partial charge on any atom is -0.464 e. The SMILES string of the molecule is COC(=O)c1ccc(N)c(Nc2c(F)cc(F)cc2F)n1. The molecule has 0 aliphatic heterocycles. The number of pyridine rings is 1. The van der Waals surface area contributed by atoms with Crippen LogP contribution in [-0.4, -0.2) is 18.1 Å². The lowest BCUT2D eigenvalue weighted by molar-refractivity contribution is 0.0594. The van der Waals surface area contributed by atoms with Gasteiger partial charge in [0.1, 0.15) is 11.5 Å². The highest BCUT2D eigenvalue weighted by Gasteiger charge is 2.15. The van der Waals surface area contributed by atoms with Gasteiger partial charge in [0.15, 0.2) is 23.1 Å². The standard InChI is InChI=1S/C13H10F3N3O2/c1-21-13(20)10-3-2-9(17)12(18-10)19-11-7(15)4-6(14)5-8(11)16/h2-5H,17H2,1H3,(H,18,19). The molecule has 3 N–H and O–H groups in total. The van der Waals surface area contributed by atoms with E-state index in [1.807, 2.05) is 0 Å². The zero-order valence-electron chi connectivity index (χ0n) is 10.8. The van der Waals surface area contributed by atoms with Crippen LogP contribution in [0.25, 0.3) is 0 Å². The molecule has 0 atom stereocenters. The van der Waals surface area contributed by atoms with Gasteiger partial charge in [-0.3, -0.25) is 0 Å².